The van der Waals surface area contributed by atoms with Gasteiger partial charge in [-0.2, -0.15) is 0 Å². The molecule has 98 valence electrons. The van der Waals surface area contributed by atoms with Crippen molar-refractivity contribution in [1.29, 1.82) is 0 Å². The minimum Gasteiger partial charge on any atom is -0.374 e. The molecular formula is C15H16O3P+. The van der Waals surface area contributed by atoms with Crippen LogP contribution in [0.25, 0.3) is 0 Å². The molecule has 0 saturated carbocycles. The summed E-state index contributed by atoms with van der Waals surface area (Å²) in [5.74, 6) is 0. The van der Waals surface area contributed by atoms with Crippen molar-refractivity contribution in [3.05, 3.63) is 66.2 Å². The van der Waals surface area contributed by atoms with Gasteiger partial charge in [0.15, 0.2) is 0 Å². The molecule has 0 amide bonds. The maximum Gasteiger partial charge on any atom is 0.548 e. The number of hydrogen-bond donors (Lipinski definition) is 0. The van der Waals surface area contributed by atoms with Crippen LogP contribution in [0.5, 0.6) is 0 Å². The first-order valence-corrected chi connectivity index (χ1v) is 7.31. The Labute approximate surface area is 114 Å². The molecule has 0 heterocycles. The molecule has 0 fully saturated rings. The lowest BCUT2D eigenvalue weighted by Crippen LogP contribution is -2.04. The van der Waals surface area contributed by atoms with Crippen molar-refractivity contribution in [2.45, 2.75) is 6.61 Å². The van der Waals surface area contributed by atoms with Gasteiger partial charge < -0.3 is 4.74 Å². The predicted molar refractivity (Wildman–Crippen MR) is 75.7 cm³/mol. The maximum atomic E-state index is 11.7. The van der Waals surface area contributed by atoms with Gasteiger partial charge in [-0.05, 0) is 22.3 Å². The molecule has 4 heteroatoms. The molecule has 0 spiro atoms. The van der Waals surface area contributed by atoms with Gasteiger partial charge in [0, 0.05) is 0 Å². The molecule has 3 nitrogen and oxygen atoms in total. The fraction of sp³-hybridized carbons (Fsp3) is 0.200. The summed E-state index contributed by atoms with van der Waals surface area (Å²) in [4.78, 5) is 0. The van der Waals surface area contributed by atoms with E-state index in [1.54, 1.807) is 12.1 Å². The van der Waals surface area contributed by atoms with Gasteiger partial charge in [0.05, 0.1) is 13.2 Å². The average molecular weight is 275 g/mol. The third kappa shape index (κ3) is 4.92. The van der Waals surface area contributed by atoms with Crippen LogP contribution in [0.3, 0.4) is 0 Å². The van der Waals surface area contributed by atoms with E-state index in [1.807, 2.05) is 48.5 Å². The summed E-state index contributed by atoms with van der Waals surface area (Å²) in [6.45, 7) is 1.31. The quantitative estimate of drug-likeness (QED) is 0.574. The summed E-state index contributed by atoms with van der Waals surface area (Å²) in [5, 5.41) is 0.709. The lowest BCUT2D eigenvalue weighted by Gasteiger charge is -2.01. The Kier molecular flexibility index (Phi) is 5.70. The Morgan fingerprint density at radius 1 is 0.842 bits per heavy atom. The summed E-state index contributed by atoms with van der Waals surface area (Å²) in [6.07, 6.45) is 0. The Balaban J connectivity index is 1.63. The molecule has 0 saturated heterocycles. The third-order valence-corrected chi connectivity index (χ3v) is 3.65. The molecule has 0 aliphatic heterocycles. The van der Waals surface area contributed by atoms with Crippen molar-refractivity contribution >= 4 is 13.3 Å². The highest BCUT2D eigenvalue weighted by Gasteiger charge is 2.20. The van der Waals surface area contributed by atoms with Gasteiger partial charge in [0.1, 0.15) is 6.61 Å². The van der Waals surface area contributed by atoms with Crippen molar-refractivity contribution in [2.75, 3.05) is 13.2 Å². The summed E-state index contributed by atoms with van der Waals surface area (Å²) in [5.41, 5.74) is 1.12. The molecule has 0 radical (unpaired) electrons. The van der Waals surface area contributed by atoms with E-state index >= 15 is 0 Å². The second-order valence-corrected chi connectivity index (χ2v) is 5.25. The zero-order chi connectivity index (χ0) is 13.3. The second kappa shape index (κ2) is 7.80. The minimum atomic E-state index is -1.78. The lowest BCUT2D eigenvalue weighted by atomic mass is 10.2. The molecule has 0 aromatic heterocycles. The molecule has 0 aliphatic rings. The Bertz CT molecular complexity index is 499. The van der Waals surface area contributed by atoms with Gasteiger partial charge >= 0.3 is 8.03 Å². The summed E-state index contributed by atoms with van der Waals surface area (Å²) in [6, 6.07) is 19.1. The zero-order valence-electron chi connectivity index (χ0n) is 10.6. The van der Waals surface area contributed by atoms with Crippen LogP contribution in [0.2, 0.25) is 0 Å². The van der Waals surface area contributed by atoms with E-state index in [2.05, 4.69) is 0 Å². The van der Waals surface area contributed by atoms with Crippen LogP contribution in [-0.4, -0.2) is 13.2 Å². The van der Waals surface area contributed by atoms with E-state index in [9.17, 15) is 4.57 Å². The summed E-state index contributed by atoms with van der Waals surface area (Å²) >= 11 is 0. The molecule has 2 rings (SSSR count). The average Bonchev–Trinajstić information content (AvgIpc) is 2.49. The van der Waals surface area contributed by atoms with Gasteiger partial charge in [0.2, 0.25) is 5.30 Å². The highest BCUT2D eigenvalue weighted by Crippen LogP contribution is 2.20. The molecular weight excluding hydrogens is 259 g/mol. The van der Waals surface area contributed by atoms with E-state index in [1.165, 1.54) is 0 Å². The first kappa shape index (κ1) is 13.9. The number of rotatable bonds is 7. The molecule has 19 heavy (non-hydrogen) atoms. The standard InChI is InChI=1S/C15H16O3P/c16-19(15-9-5-2-6-10-15)18-12-11-17-13-14-7-3-1-4-8-14/h1-10H,11-13H2/q+1. The van der Waals surface area contributed by atoms with Gasteiger partial charge in [-0.15, -0.1) is 4.52 Å². The smallest absolute Gasteiger partial charge is 0.374 e. The number of ether oxygens (including phenoxy) is 1. The summed E-state index contributed by atoms with van der Waals surface area (Å²) in [7, 11) is -1.78. The number of benzene rings is 2. The predicted octanol–water partition coefficient (Wildman–Crippen LogP) is 3.29. The van der Waals surface area contributed by atoms with Crippen molar-refractivity contribution in [3.8, 4) is 0 Å². The van der Waals surface area contributed by atoms with Gasteiger partial charge in [-0.3, -0.25) is 0 Å². The van der Waals surface area contributed by atoms with Crippen molar-refractivity contribution in [3.63, 3.8) is 0 Å². The summed E-state index contributed by atoms with van der Waals surface area (Å²) < 4.78 is 22.5. The highest BCUT2D eigenvalue weighted by molar-refractivity contribution is 7.48. The van der Waals surface area contributed by atoms with Crippen LogP contribution in [0.15, 0.2) is 60.7 Å². The number of hydrogen-bond acceptors (Lipinski definition) is 3. The maximum absolute atomic E-state index is 11.7. The highest BCUT2D eigenvalue weighted by atomic mass is 31.1. The van der Waals surface area contributed by atoms with Gasteiger partial charge in [-0.25, -0.2) is 0 Å². The molecule has 0 bridgehead atoms. The largest absolute Gasteiger partial charge is 0.548 e. The minimum absolute atomic E-state index is 0.330. The van der Waals surface area contributed by atoms with Crippen LogP contribution >= 0.6 is 8.03 Å². The van der Waals surface area contributed by atoms with E-state index in [0.29, 0.717) is 25.1 Å². The Morgan fingerprint density at radius 2 is 1.47 bits per heavy atom. The molecule has 2 aromatic carbocycles. The monoisotopic (exact) mass is 275 g/mol. The van der Waals surface area contributed by atoms with Crippen LogP contribution in [0.4, 0.5) is 0 Å². The van der Waals surface area contributed by atoms with Crippen LogP contribution in [0.1, 0.15) is 5.56 Å². The third-order valence-electron chi connectivity index (χ3n) is 2.51. The lowest BCUT2D eigenvalue weighted by molar-refractivity contribution is 0.0919. The van der Waals surface area contributed by atoms with E-state index in [-0.39, 0.29) is 0 Å². The second-order valence-electron chi connectivity index (χ2n) is 3.96. The fourth-order valence-corrected chi connectivity index (χ4v) is 2.37. The first-order chi connectivity index (χ1) is 9.36. The normalized spacial score (nSPS) is 11.3. The van der Waals surface area contributed by atoms with E-state index < -0.39 is 8.03 Å². The zero-order valence-corrected chi connectivity index (χ0v) is 11.5. The van der Waals surface area contributed by atoms with Crippen molar-refractivity contribution in [1.82, 2.24) is 0 Å². The van der Waals surface area contributed by atoms with Crippen molar-refractivity contribution in [2.24, 2.45) is 0 Å². The molecule has 1 atom stereocenters. The molecule has 0 N–H and O–H groups in total. The SMILES string of the molecule is O=[P+](OCCOCc1ccccc1)c1ccccc1. The van der Waals surface area contributed by atoms with Crippen LogP contribution < -0.4 is 5.30 Å². The topological polar surface area (TPSA) is 35.5 Å². The van der Waals surface area contributed by atoms with Crippen LogP contribution in [-0.2, 0) is 20.4 Å². The molecule has 2 aromatic rings. The molecule has 1 unspecified atom stereocenters. The van der Waals surface area contributed by atoms with Gasteiger partial charge in [0.25, 0.3) is 0 Å². The van der Waals surface area contributed by atoms with Crippen LogP contribution in [0, 0.1) is 0 Å². The van der Waals surface area contributed by atoms with Crippen molar-refractivity contribution < 1.29 is 13.8 Å². The Hall–Kier alpha value is -1.54. The van der Waals surface area contributed by atoms with E-state index in [4.69, 9.17) is 9.26 Å². The fourth-order valence-electron chi connectivity index (χ4n) is 1.57. The first-order valence-electron chi connectivity index (χ1n) is 6.13. The van der Waals surface area contributed by atoms with E-state index in [0.717, 1.165) is 5.56 Å². The molecule has 0 aliphatic carbocycles. The van der Waals surface area contributed by atoms with Gasteiger partial charge in [-0.1, -0.05) is 48.5 Å². The Morgan fingerprint density at radius 3 is 2.16 bits per heavy atom.